The molecule has 0 unspecified atom stereocenters. The maximum absolute atomic E-state index is 12.5. The molecule has 1 aliphatic heterocycles. The van der Waals surface area contributed by atoms with E-state index in [1.807, 2.05) is 43.3 Å². The molecule has 4 rings (SSSR count). The zero-order chi connectivity index (χ0) is 18.6. The molecule has 138 valence electrons. The lowest BCUT2D eigenvalue weighted by atomic mass is 9.95. The van der Waals surface area contributed by atoms with Crippen molar-refractivity contribution in [2.75, 3.05) is 18.0 Å². The molecule has 6 nitrogen and oxygen atoms in total. The molecule has 3 aromatic rings. The number of benzene rings is 1. The first-order valence-electron chi connectivity index (χ1n) is 9.35. The van der Waals surface area contributed by atoms with Gasteiger partial charge in [0.15, 0.2) is 5.82 Å². The molecule has 0 atom stereocenters. The van der Waals surface area contributed by atoms with Crippen LogP contribution in [0, 0.1) is 12.8 Å². The second-order valence-corrected chi connectivity index (χ2v) is 6.96. The summed E-state index contributed by atoms with van der Waals surface area (Å²) in [6.45, 7) is 4.17. The molecule has 1 aliphatic rings. The fourth-order valence-electron chi connectivity index (χ4n) is 3.57. The van der Waals surface area contributed by atoms with Gasteiger partial charge in [0.1, 0.15) is 0 Å². The third-order valence-electron chi connectivity index (χ3n) is 5.07. The standard InChI is InChI=1S/C21H23N5O/c1-15-20(25-19-7-3-2-6-18(19)24-15)26-11-8-17(9-12-26)21(27)23-14-16-5-4-10-22-13-16/h2-7,10,13,17H,8-9,11-12,14H2,1H3,(H,23,27). The van der Waals surface area contributed by atoms with Crippen LogP contribution in [0.15, 0.2) is 48.8 Å². The monoisotopic (exact) mass is 361 g/mol. The lowest BCUT2D eigenvalue weighted by Crippen LogP contribution is -2.41. The molecule has 3 heterocycles. The van der Waals surface area contributed by atoms with Crippen LogP contribution in [0.2, 0.25) is 0 Å². The van der Waals surface area contributed by atoms with E-state index in [4.69, 9.17) is 4.98 Å². The van der Waals surface area contributed by atoms with Crippen molar-refractivity contribution in [3.05, 3.63) is 60.0 Å². The molecule has 27 heavy (non-hydrogen) atoms. The van der Waals surface area contributed by atoms with Gasteiger partial charge in [0.2, 0.25) is 5.91 Å². The zero-order valence-electron chi connectivity index (χ0n) is 15.4. The van der Waals surface area contributed by atoms with Crippen molar-refractivity contribution in [2.24, 2.45) is 5.92 Å². The van der Waals surface area contributed by atoms with Crippen molar-refractivity contribution in [2.45, 2.75) is 26.3 Å². The number of nitrogens with zero attached hydrogens (tertiary/aromatic N) is 4. The second kappa shape index (κ2) is 7.70. The number of amides is 1. The van der Waals surface area contributed by atoms with Crippen molar-refractivity contribution < 1.29 is 4.79 Å². The molecular weight excluding hydrogens is 338 g/mol. The molecule has 0 saturated carbocycles. The van der Waals surface area contributed by atoms with Gasteiger partial charge in [-0.1, -0.05) is 18.2 Å². The predicted molar refractivity (Wildman–Crippen MR) is 105 cm³/mol. The molecule has 0 bridgehead atoms. The molecule has 0 spiro atoms. The minimum atomic E-state index is 0.0478. The molecule has 1 N–H and O–H groups in total. The summed E-state index contributed by atoms with van der Waals surface area (Å²) in [5.41, 5.74) is 3.79. The van der Waals surface area contributed by atoms with Gasteiger partial charge in [0.05, 0.1) is 16.7 Å². The Hall–Kier alpha value is -3.02. The summed E-state index contributed by atoms with van der Waals surface area (Å²) < 4.78 is 0. The van der Waals surface area contributed by atoms with Gasteiger partial charge in [0, 0.05) is 37.9 Å². The van der Waals surface area contributed by atoms with E-state index in [0.29, 0.717) is 6.54 Å². The Kier molecular flexibility index (Phi) is 4.96. The topological polar surface area (TPSA) is 71.0 Å². The van der Waals surface area contributed by atoms with E-state index in [-0.39, 0.29) is 11.8 Å². The highest BCUT2D eigenvalue weighted by Gasteiger charge is 2.26. The van der Waals surface area contributed by atoms with Gasteiger partial charge in [0.25, 0.3) is 0 Å². The quantitative estimate of drug-likeness (QED) is 0.774. The number of pyridine rings is 1. The molecule has 6 heteroatoms. The van der Waals surface area contributed by atoms with Gasteiger partial charge >= 0.3 is 0 Å². The number of rotatable bonds is 4. The Bertz CT molecular complexity index is 936. The summed E-state index contributed by atoms with van der Waals surface area (Å²) in [5, 5.41) is 3.03. The SMILES string of the molecule is Cc1nc2ccccc2nc1N1CCC(C(=O)NCc2cccnc2)CC1. The van der Waals surface area contributed by atoms with E-state index >= 15 is 0 Å². The van der Waals surface area contributed by atoms with Gasteiger partial charge in [-0.05, 0) is 43.5 Å². The minimum Gasteiger partial charge on any atom is -0.355 e. The first-order valence-corrected chi connectivity index (χ1v) is 9.35. The average Bonchev–Trinajstić information content (AvgIpc) is 2.72. The smallest absolute Gasteiger partial charge is 0.223 e. The second-order valence-electron chi connectivity index (χ2n) is 6.96. The van der Waals surface area contributed by atoms with Gasteiger partial charge in [-0.15, -0.1) is 0 Å². The maximum Gasteiger partial charge on any atom is 0.223 e. The summed E-state index contributed by atoms with van der Waals surface area (Å²) in [6.07, 6.45) is 5.17. The van der Waals surface area contributed by atoms with Crippen molar-refractivity contribution in [1.29, 1.82) is 0 Å². The van der Waals surface area contributed by atoms with E-state index < -0.39 is 0 Å². The van der Waals surface area contributed by atoms with Crippen molar-refractivity contribution in [3.63, 3.8) is 0 Å². The van der Waals surface area contributed by atoms with Crippen LogP contribution in [0.1, 0.15) is 24.1 Å². The molecule has 1 fully saturated rings. The van der Waals surface area contributed by atoms with E-state index in [2.05, 4.69) is 20.2 Å². The predicted octanol–water partition coefficient (Wildman–Crippen LogP) is 2.87. The number of hydrogen-bond acceptors (Lipinski definition) is 5. The van der Waals surface area contributed by atoms with Crippen LogP contribution in [0.5, 0.6) is 0 Å². The largest absolute Gasteiger partial charge is 0.355 e. The highest BCUT2D eigenvalue weighted by atomic mass is 16.1. The fourth-order valence-corrected chi connectivity index (χ4v) is 3.57. The molecule has 2 aromatic heterocycles. The summed E-state index contributed by atoms with van der Waals surface area (Å²) >= 11 is 0. The van der Waals surface area contributed by atoms with Crippen LogP contribution in [-0.2, 0) is 11.3 Å². The van der Waals surface area contributed by atoms with Crippen LogP contribution in [0.4, 0.5) is 5.82 Å². The average molecular weight is 361 g/mol. The summed E-state index contributed by atoms with van der Waals surface area (Å²) in [7, 11) is 0. The molecule has 1 amide bonds. The fraction of sp³-hybridized carbons (Fsp3) is 0.333. The Balaban J connectivity index is 1.37. The highest BCUT2D eigenvalue weighted by molar-refractivity contribution is 5.79. The first-order chi connectivity index (χ1) is 13.2. The third-order valence-corrected chi connectivity index (χ3v) is 5.07. The lowest BCUT2D eigenvalue weighted by molar-refractivity contribution is -0.125. The molecular formula is C21H23N5O. The first kappa shape index (κ1) is 17.4. The van der Waals surface area contributed by atoms with Crippen LogP contribution in [0.25, 0.3) is 11.0 Å². The highest BCUT2D eigenvalue weighted by Crippen LogP contribution is 2.25. The van der Waals surface area contributed by atoms with Crippen LogP contribution >= 0.6 is 0 Å². The molecule has 0 radical (unpaired) electrons. The Morgan fingerprint density at radius 2 is 1.85 bits per heavy atom. The van der Waals surface area contributed by atoms with Crippen molar-refractivity contribution >= 4 is 22.8 Å². The van der Waals surface area contributed by atoms with E-state index in [9.17, 15) is 4.79 Å². The number of fused-ring (bicyclic) bond motifs is 1. The Labute approximate surface area is 158 Å². The van der Waals surface area contributed by atoms with Crippen molar-refractivity contribution in [3.8, 4) is 0 Å². The van der Waals surface area contributed by atoms with E-state index in [1.54, 1.807) is 12.4 Å². The Morgan fingerprint density at radius 1 is 1.11 bits per heavy atom. The van der Waals surface area contributed by atoms with Gasteiger partial charge < -0.3 is 10.2 Å². The van der Waals surface area contributed by atoms with Gasteiger partial charge in [-0.25, -0.2) is 9.97 Å². The number of aryl methyl sites for hydroxylation is 1. The number of nitrogens with one attached hydrogen (secondary N) is 1. The van der Waals surface area contributed by atoms with Crippen molar-refractivity contribution in [1.82, 2.24) is 20.3 Å². The van der Waals surface area contributed by atoms with Crippen LogP contribution < -0.4 is 10.2 Å². The summed E-state index contributed by atoms with van der Waals surface area (Å²) in [5.74, 6) is 1.11. The molecule has 1 aromatic carbocycles. The number of anilines is 1. The molecule has 1 saturated heterocycles. The lowest BCUT2D eigenvalue weighted by Gasteiger charge is -2.32. The maximum atomic E-state index is 12.5. The van der Waals surface area contributed by atoms with Crippen LogP contribution in [-0.4, -0.2) is 33.9 Å². The zero-order valence-corrected chi connectivity index (χ0v) is 15.4. The van der Waals surface area contributed by atoms with E-state index in [1.165, 1.54) is 0 Å². The Morgan fingerprint density at radius 3 is 2.56 bits per heavy atom. The normalized spacial score (nSPS) is 15.1. The number of carbonyl (C=O) groups excluding carboxylic acids is 1. The van der Waals surface area contributed by atoms with Gasteiger partial charge in [-0.3, -0.25) is 9.78 Å². The third kappa shape index (κ3) is 3.89. The summed E-state index contributed by atoms with van der Waals surface area (Å²) in [6, 6.07) is 11.8. The number of hydrogen-bond donors (Lipinski definition) is 1. The summed E-state index contributed by atoms with van der Waals surface area (Å²) in [4.78, 5) is 28.3. The minimum absolute atomic E-state index is 0.0478. The number of carbonyl (C=O) groups is 1. The van der Waals surface area contributed by atoms with Crippen LogP contribution in [0.3, 0.4) is 0 Å². The molecule has 0 aliphatic carbocycles. The number of aromatic nitrogens is 3. The number of piperidine rings is 1. The number of para-hydroxylation sites is 2. The van der Waals surface area contributed by atoms with E-state index in [0.717, 1.165) is 54.0 Å². The van der Waals surface area contributed by atoms with Gasteiger partial charge in [-0.2, -0.15) is 0 Å².